The molecule has 7 N–H and O–H groups in total. The Bertz CT molecular complexity index is 1990. The average Bonchev–Trinajstić information content (AvgIpc) is 3.02. The largest absolute Gasteiger partial charge is 0.749 e. The Labute approximate surface area is 273 Å². The Balaban J connectivity index is 0.000000312. The molecule has 1 unspecified atom stereocenters. The van der Waals surface area contributed by atoms with E-state index >= 15 is 0 Å². The monoisotopic (exact) mass is 714 g/mol. The molecular formula is C26H26Cl2N7O9S2-. The molecule has 0 aliphatic heterocycles. The molecule has 0 aliphatic rings. The molecule has 0 fully saturated rings. The fourth-order valence-electron chi connectivity index (χ4n) is 3.18. The van der Waals surface area contributed by atoms with E-state index in [0.29, 0.717) is 23.2 Å². The van der Waals surface area contributed by atoms with E-state index in [0.717, 1.165) is 18.2 Å². The van der Waals surface area contributed by atoms with Crippen molar-refractivity contribution in [1.29, 1.82) is 5.41 Å². The van der Waals surface area contributed by atoms with E-state index in [1.54, 1.807) is 37.3 Å². The predicted octanol–water partition coefficient (Wildman–Crippen LogP) is 2.72. The second-order valence-electron chi connectivity index (χ2n) is 7.81. The van der Waals surface area contributed by atoms with Crippen molar-refractivity contribution in [3.63, 3.8) is 0 Å². The number of anilines is 1. The van der Waals surface area contributed by atoms with Gasteiger partial charge in [0.2, 0.25) is 0 Å². The third kappa shape index (κ3) is 13.1. The average molecular weight is 716 g/mol. The van der Waals surface area contributed by atoms with Crippen LogP contribution in [0, 0.1) is 5.41 Å². The molecule has 246 valence electrons. The molecule has 0 aliphatic carbocycles. The van der Waals surface area contributed by atoms with Crippen molar-refractivity contribution in [3.8, 4) is 0 Å². The van der Waals surface area contributed by atoms with Crippen LogP contribution in [0.1, 0.15) is 17.3 Å². The fourth-order valence-corrected chi connectivity index (χ4v) is 4.19. The number of fused-ring (bicyclic) bond motifs is 2. The summed E-state index contributed by atoms with van der Waals surface area (Å²) in [5.74, 6) is -0.365. The molecule has 0 spiro atoms. The number of benzene rings is 3. The maximum Gasteiger partial charge on any atom is 0.340 e. The number of nitrogens with zero attached hydrogens (tertiary/aromatic N) is 2. The van der Waals surface area contributed by atoms with Gasteiger partial charge in [-0.05, 0) is 43.3 Å². The number of H-pyrrole nitrogens is 2. The van der Waals surface area contributed by atoms with Crippen LogP contribution < -0.4 is 22.6 Å². The Kier molecular flexibility index (Phi) is 17.4. The van der Waals surface area contributed by atoms with Gasteiger partial charge in [0.25, 0.3) is 20.2 Å². The number of ether oxygens (including phenoxy) is 1. The van der Waals surface area contributed by atoms with Gasteiger partial charge in [0, 0.05) is 16.4 Å². The number of hydrogen-bond donors (Lipinski definition) is 5. The zero-order valence-electron chi connectivity index (χ0n) is 23.6. The molecule has 0 saturated carbocycles. The predicted molar refractivity (Wildman–Crippen MR) is 173 cm³/mol. The lowest BCUT2D eigenvalue weighted by atomic mass is 10.2. The van der Waals surface area contributed by atoms with Crippen LogP contribution >= 0.6 is 22.5 Å². The summed E-state index contributed by atoms with van der Waals surface area (Å²) in [6.45, 7) is 2.13. The molecule has 2 heterocycles. The number of halogens is 2. The van der Waals surface area contributed by atoms with Crippen molar-refractivity contribution in [1.82, 2.24) is 19.9 Å². The molecule has 5 rings (SSSR count). The number of nitrogens with one attached hydrogen (secondary N) is 3. The number of aromatic amines is 2. The normalized spacial score (nSPS) is 10.6. The van der Waals surface area contributed by atoms with Gasteiger partial charge in [-0.25, -0.2) is 27.4 Å². The minimum atomic E-state index is -3.89. The molecule has 0 amide bonds. The minimum Gasteiger partial charge on any atom is -0.749 e. The third-order valence-electron chi connectivity index (χ3n) is 4.95. The van der Waals surface area contributed by atoms with Gasteiger partial charge in [0.05, 0.1) is 64.8 Å². The lowest BCUT2D eigenvalue weighted by molar-refractivity contribution is 0.0527. The summed E-state index contributed by atoms with van der Waals surface area (Å²) < 4.78 is 48.3. The van der Waals surface area contributed by atoms with E-state index in [1.807, 2.05) is 18.2 Å². The summed E-state index contributed by atoms with van der Waals surface area (Å²) in [4.78, 5) is 46.0. The van der Waals surface area contributed by atoms with Gasteiger partial charge < -0.3 is 30.7 Å². The van der Waals surface area contributed by atoms with Crippen LogP contribution in [0.3, 0.4) is 0 Å². The van der Waals surface area contributed by atoms with E-state index in [2.05, 4.69) is 41.3 Å². The second-order valence-corrected chi connectivity index (χ2v) is 11.3. The zero-order chi connectivity index (χ0) is 34.7. The quantitative estimate of drug-likeness (QED) is 0.0448. The Morgan fingerprint density at radius 2 is 1.52 bits per heavy atom. The van der Waals surface area contributed by atoms with Crippen molar-refractivity contribution in [2.24, 2.45) is 5.73 Å². The molecule has 1 atom stereocenters. The first-order chi connectivity index (χ1) is 21.8. The smallest absolute Gasteiger partial charge is 0.340 e. The maximum atomic E-state index is 11.3. The summed E-state index contributed by atoms with van der Waals surface area (Å²) >= 11 is 1.67. The summed E-state index contributed by atoms with van der Waals surface area (Å²) in [7, 11) is 1.32. The van der Waals surface area contributed by atoms with Crippen LogP contribution in [0.25, 0.3) is 21.8 Å². The molecule has 0 bridgehead atoms. The Morgan fingerprint density at radius 1 is 1.00 bits per heavy atom. The first kappa shape index (κ1) is 39.3. The molecular weight excluding hydrogens is 689 g/mol. The topological polar surface area (TPSA) is 277 Å². The van der Waals surface area contributed by atoms with Gasteiger partial charge in [-0.2, -0.15) is 3.74 Å². The van der Waals surface area contributed by atoms with E-state index in [-0.39, 0.29) is 27.3 Å². The number of nitrogen functional groups attached to an aromatic ring is 1. The first-order valence-corrected chi connectivity index (χ1v) is 15.9. The van der Waals surface area contributed by atoms with Crippen LogP contribution in [-0.4, -0.2) is 56.0 Å². The van der Waals surface area contributed by atoms with Crippen molar-refractivity contribution >= 4 is 82.8 Å². The van der Waals surface area contributed by atoms with E-state index in [1.165, 1.54) is 24.5 Å². The van der Waals surface area contributed by atoms with Crippen molar-refractivity contribution in [2.75, 3.05) is 12.3 Å². The molecule has 5 aromatic rings. The molecule has 2 aromatic heterocycles. The molecule has 3 aromatic carbocycles. The lowest BCUT2D eigenvalue weighted by Crippen LogP contribution is -2.07. The van der Waals surface area contributed by atoms with Crippen LogP contribution in [0.15, 0.2) is 93.9 Å². The summed E-state index contributed by atoms with van der Waals surface area (Å²) in [6.07, 6.45) is 3.29. The summed E-state index contributed by atoms with van der Waals surface area (Å²) in [6, 6.07) is 18.3. The highest BCUT2D eigenvalue weighted by molar-refractivity contribution is 8.14. The molecule has 0 radical (unpaired) electrons. The lowest BCUT2D eigenvalue weighted by Gasteiger charge is -2.03. The van der Waals surface area contributed by atoms with Crippen molar-refractivity contribution < 1.29 is 30.4 Å². The number of carbonyl (C=O) groups excluding carboxylic acids is 1. The van der Waals surface area contributed by atoms with Gasteiger partial charge in [0.1, 0.15) is 16.3 Å². The highest BCUT2D eigenvalue weighted by Crippen LogP contribution is 2.21. The van der Waals surface area contributed by atoms with Crippen molar-refractivity contribution in [2.45, 2.75) is 11.8 Å². The van der Waals surface area contributed by atoms with Crippen LogP contribution in [0.4, 0.5) is 5.69 Å². The SMILES string of the molecule is CCOC(=O)c1ccccc1N.N=CN.O=S([O-])OCl.O=c1[nH]cnc2c(S(=O)(=O)Cl)cccc12.O=c1[nH]cnc2ccccc12. The van der Waals surface area contributed by atoms with Gasteiger partial charge in [-0.1, -0.05) is 30.3 Å². The first-order valence-electron chi connectivity index (χ1n) is 12.3. The number of esters is 1. The van der Waals surface area contributed by atoms with Gasteiger partial charge in [-0.15, -0.1) is 0 Å². The van der Waals surface area contributed by atoms with Crippen LogP contribution in [0.5, 0.6) is 0 Å². The number of hydrogen-bond acceptors (Lipinski definition) is 13. The van der Waals surface area contributed by atoms with E-state index in [9.17, 15) is 22.8 Å². The number of nitrogens with two attached hydrogens (primary N) is 2. The third-order valence-corrected chi connectivity index (χ3v) is 6.72. The molecule has 0 saturated heterocycles. The van der Waals surface area contributed by atoms with Crippen LogP contribution in [0.2, 0.25) is 0 Å². The maximum absolute atomic E-state index is 11.3. The Morgan fingerprint density at radius 3 is 2.07 bits per heavy atom. The minimum absolute atomic E-state index is 0.0799. The number of carbonyl (C=O) groups is 1. The zero-order valence-corrected chi connectivity index (χ0v) is 26.7. The summed E-state index contributed by atoms with van der Waals surface area (Å²) in [5.41, 5.74) is 11.1. The van der Waals surface area contributed by atoms with Gasteiger partial charge in [0.15, 0.2) is 0 Å². The van der Waals surface area contributed by atoms with Crippen molar-refractivity contribution in [3.05, 3.63) is 106 Å². The van der Waals surface area contributed by atoms with Gasteiger partial charge in [-0.3, -0.25) is 15.0 Å². The fraction of sp³-hybridized carbons (Fsp3) is 0.0769. The number of para-hydroxylation sites is 3. The van der Waals surface area contributed by atoms with E-state index in [4.69, 9.17) is 35.3 Å². The van der Waals surface area contributed by atoms with Crippen LogP contribution in [-0.2, 0) is 28.9 Å². The highest BCUT2D eigenvalue weighted by Gasteiger charge is 2.15. The number of rotatable bonds is 4. The van der Waals surface area contributed by atoms with E-state index < -0.39 is 26.0 Å². The standard InChI is InChI=1S/C9H11NO2.C8H5ClN2O3S.C8H6N2O.CH4N2.ClHO3S/c1-2-12-9(11)7-5-3-4-6-8(7)10;9-15(13,14)6-3-1-2-5-7(6)10-4-11-8(5)12;11-8-6-3-1-2-4-7(6)9-5-10-8;2-1-3;1-4-5(2)3/h3-6H,2,10H2,1H3;1-4H,(H,10,11,12);1-5H,(H,9,10,11);1H,(H3,2,3);(H,2,3)/p-1. The highest BCUT2D eigenvalue weighted by atomic mass is 35.7. The Hall–Kier alpha value is -4.72. The van der Waals surface area contributed by atoms with Gasteiger partial charge >= 0.3 is 5.97 Å². The second kappa shape index (κ2) is 20.3. The molecule has 46 heavy (non-hydrogen) atoms. The number of aromatic nitrogens is 4. The molecule has 16 nitrogen and oxygen atoms in total. The summed E-state index contributed by atoms with van der Waals surface area (Å²) in [5, 5.41) is 6.69. The molecule has 20 heteroatoms.